The average molecular weight is 237 g/mol. The summed E-state index contributed by atoms with van der Waals surface area (Å²) in [5.74, 6) is -1.24. The van der Waals surface area contributed by atoms with Crippen LogP contribution in [0.25, 0.3) is 0 Å². The normalized spacial score (nSPS) is 11.9. The minimum absolute atomic E-state index is 0.185. The van der Waals surface area contributed by atoms with E-state index in [-0.39, 0.29) is 5.92 Å². The number of carboxylic acid groups (broad SMARTS) is 1. The molecule has 0 radical (unpaired) electrons. The minimum atomic E-state index is -1.05. The molecular formula is C11H15N3O3. The largest absolute Gasteiger partial charge is 0.480 e. The Labute approximate surface area is 99.1 Å². The molecule has 0 aromatic carbocycles. The summed E-state index contributed by atoms with van der Waals surface area (Å²) in [5.41, 5.74) is 0.561. The highest BCUT2D eigenvalue weighted by Crippen LogP contribution is 2.05. The van der Waals surface area contributed by atoms with Gasteiger partial charge in [0.1, 0.15) is 6.04 Å². The molecule has 1 rings (SSSR count). The van der Waals surface area contributed by atoms with Crippen molar-refractivity contribution in [3.8, 4) is 0 Å². The SMILES string of the molecule is CC(C)C(NC(=O)Nc1ccncc1)C(=O)O. The number of pyridine rings is 1. The zero-order valence-electron chi connectivity index (χ0n) is 9.68. The molecule has 0 aliphatic rings. The van der Waals surface area contributed by atoms with Crippen molar-refractivity contribution in [3.05, 3.63) is 24.5 Å². The van der Waals surface area contributed by atoms with Crippen LogP contribution >= 0.6 is 0 Å². The molecule has 1 unspecified atom stereocenters. The first-order valence-electron chi connectivity index (χ1n) is 5.21. The van der Waals surface area contributed by atoms with E-state index in [1.807, 2.05) is 0 Å². The zero-order valence-corrected chi connectivity index (χ0v) is 9.68. The Morgan fingerprint density at radius 1 is 1.29 bits per heavy atom. The predicted octanol–water partition coefficient (Wildman–Crippen LogP) is 1.31. The van der Waals surface area contributed by atoms with Gasteiger partial charge in [-0.15, -0.1) is 0 Å². The Hall–Kier alpha value is -2.11. The summed E-state index contributed by atoms with van der Waals surface area (Å²) in [5, 5.41) is 13.8. The van der Waals surface area contributed by atoms with Gasteiger partial charge in [0.25, 0.3) is 0 Å². The van der Waals surface area contributed by atoms with Gasteiger partial charge >= 0.3 is 12.0 Å². The Balaban J connectivity index is 2.57. The summed E-state index contributed by atoms with van der Waals surface area (Å²) in [6.45, 7) is 3.46. The van der Waals surface area contributed by atoms with Crippen molar-refractivity contribution < 1.29 is 14.7 Å². The number of hydrogen-bond donors (Lipinski definition) is 3. The van der Waals surface area contributed by atoms with Gasteiger partial charge in [0.15, 0.2) is 0 Å². The van der Waals surface area contributed by atoms with E-state index in [4.69, 9.17) is 5.11 Å². The molecule has 0 saturated heterocycles. The molecule has 1 aromatic rings. The predicted molar refractivity (Wildman–Crippen MR) is 62.7 cm³/mol. The third kappa shape index (κ3) is 4.10. The van der Waals surface area contributed by atoms with Crippen molar-refractivity contribution in [2.24, 2.45) is 5.92 Å². The number of anilines is 1. The number of rotatable bonds is 4. The van der Waals surface area contributed by atoms with E-state index in [9.17, 15) is 9.59 Å². The lowest BCUT2D eigenvalue weighted by Crippen LogP contribution is -2.46. The number of aromatic nitrogens is 1. The highest BCUT2D eigenvalue weighted by atomic mass is 16.4. The molecule has 0 aliphatic carbocycles. The molecule has 2 amide bonds. The first-order chi connectivity index (χ1) is 8.00. The maximum atomic E-state index is 11.5. The summed E-state index contributed by atoms with van der Waals surface area (Å²) in [4.78, 5) is 26.2. The number of carboxylic acids is 1. The first kappa shape index (κ1) is 13.0. The van der Waals surface area contributed by atoms with Crippen LogP contribution in [-0.2, 0) is 4.79 Å². The van der Waals surface area contributed by atoms with Gasteiger partial charge in [0.05, 0.1) is 0 Å². The zero-order chi connectivity index (χ0) is 12.8. The minimum Gasteiger partial charge on any atom is -0.480 e. The van der Waals surface area contributed by atoms with Gasteiger partial charge in [0.2, 0.25) is 0 Å². The highest BCUT2D eigenvalue weighted by molar-refractivity contribution is 5.92. The molecule has 3 N–H and O–H groups in total. The molecule has 6 nitrogen and oxygen atoms in total. The van der Waals surface area contributed by atoms with E-state index < -0.39 is 18.0 Å². The van der Waals surface area contributed by atoms with E-state index in [0.717, 1.165) is 0 Å². The molecule has 0 bridgehead atoms. The smallest absolute Gasteiger partial charge is 0.326 e. The Kier molecular flexibility index (Phi) is 4.45. The number of hydrogen-bond acceptors (Lipinski definition) is 3. The molecule has 1 atom stereocenters. The summed E-state index contributed by atoms with van der Waals surface area (Å²) in [7, 11) is 0. The number of carbonyl (C=O) groups is 2. The van der Waals surface area contributed by atoms with Gasteiger partial charge in [-0.3, -0.25) is 4.98 Å². The van der Waals surface area contributed by atoms with E-state index in [1.54, 1.807) is 26.0 Å². The maximum absolute atomic E-state index is 11.5. The number of nitrogens with zero attached hydrogens (tertiary/aromatic N) is 1. The van der Waals surface area contributed by atoms with Crippen LogP contribution < -0.4 is 10.6 Å². The Morgan fingerprint density at radius 3 is 2.35 bits per heavy atom. The maximum Gasteiger partial charge on any atom is 0.326 e. The molecule has 0 spiro atoms. The fraction of sp³-hybridized carbons (Fsp3) is 0.364. The molecule has 1 aromatic heterocycles. The highest BCUT2D eigenvalue weighted by Gasteiger charge is 2.23. The molecule has 0 aliphatic heterocycles. The molecule has 1 heterocycles. The molecule has 0 fully saturated rings. The van der Waals surface area contributed by atoms with Crippen LogP contribution in [0.1, 0.15) is 13.8 Å². The quantitative estimate of drug-likeness (QED) is 0.736. The fourth-order valence-electron chi connectivity index (χ4n) is 1.26. The standard InChI is InChI=1S/C11H15N3O3/c1-7(2)9(10(15)16)14-11(17)13-8-3-5-12-6-4-8/h3-7,9H,1-2H3,(H,15,16)(H2,12,13,14,17). The molecule has 17 heavy (non-hydrogen) atoms. The van der Waals surface area contributed by atoms with Crippen LogP contribution in [-0.4, -0.2) is 28.1 Å². The van der Waals surface area contributed by atoms with Crippen LogP contribution in [0.15, 0.2) is 24.5 Å². The second-order valence-electron chi connectivity index (χ2n) is 3.89. The number of nitrogens with one attached hydrogen (secondary N) is 2. The number of aliphatic carboxylic acids is 1. The molecule has 0 saturated carbocycles. The topological polar surface area (TPSA) is 91.3 Å². The summed E-state index contributed by atoms with van der Waals surface area (Å²) in [6, 6.07) is 1.78. The number of carbonyl (C=O) groups excluding carboxylic acids is 1. The van der Waals surface area contributed by atoms with Crippen molar-refractivity contribution >= 4 is 17.7 Å². The van der Waals surface area contributed by atoms with Crippen molar-refractivity contribution in [3.63, 3.8) is 0 Å². The Morgan fingerprint density at radius 2 is 1.88 bits per heavy atom. The van der Waals surface area contributed by atoms with Crippen molar-refractivity contribution in [1.82, 2.24) is 10.3 Å². The number of amides is 2. The van der Waals surface area contributed by atoms with Crippen LogP contribution in [0.5, 0.6) is 0 Å². The van der Waals surface area contributed by atoms with Gasteiger partial charge in [0, 0.05) is 18.1 Å². The van der Waals surface area contributed by atoms with Gasteiger partial charge in [-0.25, -0.2) is 9.59 Å². The molecule has 6 heteroatoms. The fourth-order valence-corrected chi connectivity index (χ4v) is 1.26. The number of urea groups is 1. The van der Waals surface area contributed by atoms with Gasteiger partial charge < -0.3 is 15.7 Å². The first-order valence-corrected chi connectivity index (χ1v) is 5.21. The third-order valence-corrected chi connectivity index (χ3v) is 2.16. The second-order valence-corrected chi connectivity index (χ2v) is 3.89. The summed E-state index contributed by atoms with van der Waals surface area (Å²) in [6.07, 6.45) is 3.07. The Bertz CT molecular complexity index is 392. The monoisotopic (exact) mass is 237 g/mol. The lowest BCUT2D eigenvalue weighted by Gasteiger charge is -2.18. The second kappa shape index (κ2) is 5.83. The van der Waals surface area contributed by atoms with Crippen molar-refractivity contribution in [2.45, 2.75) is 19.9 Å². The van der Waals surface area contributed by atoms with Crippen LogP contribution in [0.4, 0.5) is 10.5 Å². The van der Waals surface area contributed by atoms with Crippen LogP contribution in [0.2, 0.25) is 0 Å². The van der Waals surface area contributed by atoms with Crippen LogP contribution in [0, 0.1) is 5.92 Å². The lowest BCUT2D eigenvalue weighted by molar-refractivity contribution is -0.140. The molecule has 92 valence electrons. The van der Waals surface area contributed by atoms with E-state index in [2.05, 4.69) is 15.6 Å². The van der Waals surface area contributed by atoms with E-state index in [1.165, 1.54) is 12.4 Å². The van der Waals surface area contributed by atoms with E-state index in [0.29, 0.717) is 5.69 Å². The van der Waals surface area contributed by atoms with Crippen molar-refractivity contribution in [2.75, 3.05) is 5.32 Å². The summed E-state index contributed by atoms with van der Waals surface area (Å²) >= 11 is 0. The van der Waals surface area contributed by atoms with E-state index >= 15 is 0 Å². The van der Waals surface area contributed by atoms with Gasteiger partial charge in [-0.1, -0.05) is 13.8 Å². The molecular weight excluding hydrogens is 222 g/mol. The van der Waals surface area contributed by atoms with Gasteiger partial charge in [-0.05, 0) is 18.1 Å². The summed E-state index contributed by atoms with van der Waals surface area (Å²) < 4.78 is 0. The van der Waals surface area contributed by atoms with Crippen molar-refractivity contribution in [1.29, 1.82) is 0 Å². The van der Waals surface area contributed by atoms with Crippen LogP contribution in [0.3, 0.4) is 0 Å². The lowest BCUT2D eigenvalue weighted by atomic mass is 10.1. The third-order valence-electron chi connectivity index (χ3n) is 2.16. The van der Waals surface area contributed by atoms with Gasteiger partial charge in [-0.2, -0.15) is 0 Å². The average Bonchev–Trinajstić information content (AvgIpc) is 2.26.